The fourth-order valence-electron chi connectivity index (χ4n) is 1.26. The molecular formula is C12H16ClNO2. The van der Waals surface area contributed by atoms with Gasteiger partial charge >= 0.3 is 0 Å². The van der Waals surface area contributed by atoms with E-state index in [1.165, 1.54) is 0 Å². The molecule has 1 aliphatic rings. The number of aromatic nitrogens is 1. The van der Waals surface area contributed by atoms with E-state index in [4.69, 9.17) is 21.1 Å². The highest BCUT2D eigenvalue weighted by atomic mass is 35.5. The van der Waals surface area contributed by atoms with Crippen LogP contribution in [0.3, 0.4) is 0 Å². The summed E-state index contributed by atoms with van der Waals surface area (Å²) in [5.41, 5.74) is -0.288. The van der Waals surface area contributed by atoms with Crippen LogP contribution in [-0.4, -0.2) is 16.7 Å². The van der Waals surface area contributed by atoms with Crippen LogP contribution < -0.4 is 9.47 Å². The van der Waals surface area contributed by atoms with Crippen molar-refractivity contribution in [3.05, 3.63) is 17.4 Å². The zero-order chi connectivity index (χ0) is 11.8. The van der Waals surface area contributed by atoms with E-state index >= 15 is 0 Å². The van der Waals surface area contributed by atoms with Crippen LogP contribution >= 0.6 is 11.6 Å². The van der Waals surface area contributed by atoms with Gasteiger partial charge in [0.15, 0.2) is 11.5 Å². The summed E-state index contributed by atoms with van der Waals surface area (Å²) >= 11 is 6.20. The Morgan fingerprint density at radius 2 is 1.88 bits per heavy atom. The first-order valence-corrected chi connectivity index (χ1v) is 5.83. The minimum Gasteiger partial charge on any atom is -0.487 e. The molecule has 1 aromatic rings. The number of halogens is 1. The van der Waals surface area contributed by atoms with E-state index in [2.05, 4.69) is 4.98 Å². The molecule has 0 aliphatic heterocycles. The van der Waals surface area contributed by atoms with Crippen LogP contribution in [0.1, 0.15) is 33.6 Å². The third-order valence-corrected chi connectivity index (χ3v) is 2.42. The number of rotatable bonds is 3. The predicted octanol–water partition coefficient (Wildman–Crippen LogP) is 3.45. The molecule has 0 radical (unpaired) electrons. The number of pyridine rings is 1. The van der Waals surface area contributed by atoms with Gasteiger partial charge in [0.05, 0.1) is 18.5 Å². The first-order chi connectivity index (χ1) is 7.46. The molecule has 4 heteroatoms. The maximum atomic E-state index is 6.20. The Kier molecular flexibility index (Phi) is 2.98. The van der Waals surface area contributed by atoms with Gasteiger partial charge in [-0.1, -0.05) is 11.6 Å². The zero-order valence-corrected chi connectivity index (χ0v) is 10.5. The second kappa shape index (κ2) is 4.13. The van der Waals surface area contributed by atoms with Crippen LogP contribution in [0.25, 0.3) is 0 Å². The Hall–Kier alpha value is -0.960. The lowest BCUT2D eigenvalue weighted by Gasteiger charge is -2.22. The number of ether oxygens (including phenoxy) is 2. The van der Waals surface area contributed by atoms with Crippen molar-refractivity contribution in [2.75, 3.05) is 0 Å². The lowest BCUT2D eigenvalue weighted by atomic mass is 10.2. The number of hydrogen-bond donors (Lipinski definition) is 0. The lowest BCUT2D eigenvalue weighted by molar-refractivity contribution is 0.129. The molecule has 0 spiro atoms. The Bertz CT molecular complexity index is 383. The molecule has 0 aromatic carbocycles. The highest BCUT2D eigenvalue weighted by Gasteiger charge is 2.26. The van der Waals surface area contributed by atoms with Gasteiger partial charge in [-0.15, -0.1) is 0 Å². The van der Waals surface area contributed by atoms with Crippen LogP contribution in [0.15, 0.2) is 12.4 Å². The SMILES string of the molecule is CC(C)(C)Oc1cncc(OC2CC2)c1Cl. The Balaban J connectivity index is 2.18. The summed E-state index contributed by atoms with van der Waals surface area (Å²) in [6.07, 6.45) is 5.76. The average molecular weight is 242 g/mol. The smallest absolute Gasteiger partial charge is 0.160 e. The van der Waals surface area contributed by atoms with E-state index in [0.717, 1.165) is 12.8 Å². The predicted molar refractivity (Wildman–Crippen MR) is 63.3 cm³/mol. The maximum Gasteiger partial charge on any atom is 0.160 e. The highest BCUT2D eigenvalue weighted by molar-refractivity contribution is 6.33. The number of nitrogens with zero attached hydrogens (tertiary/aromatic N) is 1. The van der Waals surface area contributed by atoms with E-state index in [1.807, 2.05) is 20.8 Å². The van der Waals surface area contributed by atoms with Gasteiger partial charge in [-0.25, -0.2) is 0 Å². The lowest BCUT2D eigenvalue weighted by Crippen LogP contribution is -2.23. The van der Waals surface area contributed by atoms with Gasteiger partial charge in [0.25, 0.3) is 0 Å². The molecule has 1 aliphatic carbocycles. The molecule has 0 saturated heterocycles. The van der Waals surface area contributed by atoms with Gasteiger partial charge in [-0.2, -0.15) is 0 Å². The van der Waals surface area contributed by atoms with Crippen LogP contribution in [-0.2, 0) is 0 Å². The Labute approximate surface area is 101 Å². The zero-order valence-electron chi connectivity index (χ0n) is 9.79. The summed E-state index contributed by atoms with van der Waals surface area (Å²) in [7, 11) is 0. The van der Waals surface area contributed by atoms with E-state index in [1.54, 1.807) is 12.4 Å². The maximum absolute atomic E-state index is 6.20. The summed E-state index contributed by atoms with van der Waals surface area (Å²) < 4.78 is 11.3. The molecule has 0 unspecified atom stereocenters. The largest absolute Gasteiger partial charge is 0.487 e. The van der Waals surface area contributed by atoms with Crippen LogP contribution in [0, 0.1) is 0 Å². The summed E-state index contributed by atoms with van der Waals surface area (Å²) in [5, 5.41) is 0.511. The van der Waals surface area contributed by atoms with E-state index in [0.29, 0.717) is 22.6 Å². The van der Waals surface area contributed by atoms with Crippen LogP contribution in [0.5, 0.6) is 11.5 Å². The molecule has 88 valence electrons. The standard InChI is InChI=1S/C12H16ClNO2/c1-12(2,3)16-10-7-14-6-9(11(10)13)15-8-4-5-8/h6-8H,4-5H2,1-3H3. The van der Waals surface area contributed by atoms with Gasteiger partial charge in [0, 0.05) is 0 Å². The molecule has 0 bridgehead atoms. The molecule has 3 nitrogen and oxygen atoms in total. The first kappa shape index (κ1) is 11.5. The normalized spacial score (nSPS) is 16.0. The van der Waals surface area contributed by atoms with Crippen molar-refractivity contribution in [1.82, 2.24) is 4.98 Å². The number of hydrogen-bond acceptors (Lipinski definition) is 3. The van der Waals surface area contributed by atoms with Gasteiger partial charge in [0.2, 0.25) is 0 Å². The summed E-state index contributed by atoms with van der Waals surface area (Å²) in [6.45, 7) is 5.91. The van der Waals surface area contributed by atoms with Crippen molar-refractivity contribution in [3.63, 3.8) is 0 Å². The molecule has 0 atom stereocenters. The topological polar surface area (TPSA) is 31.4 Å². The van der Waals surface area contributed by atoms with Crippen molar-refractivity contribution >= 4 is 11.6 Å². The molecule has 0 N–H and O–H groups in total. The van der Waals surface area contributed by atoms with Gasteiger partial charge in [-0.05, 0) is 33.6 Å². The summed E-state index contributed by atoms with van der Waals surface area (Å²) in [6, 6.07) is 0. The Morgan fingerprint density at radius 1 is 1.25 bits per heavy atom. The molecule has 1 saturated carbocycles. The van der Waals surface area contributed by atoms with Crippen molar-refractivity contribution < 1.29 is 9.47 Å². The quantitative estimate of drug-likeness (QED) is 0.812. The first-order valence-electron chi connectivity index (χ1n) is 5.45. The van der Waals surface area contributed by atoms with E-state index in [-0.39, 0.29) is 5.60 Å². The molecule has 2 rings (SSSR count). The van der Waals surface area contributed by atoms with Crippen LogP contribution in [0.2, 0.25) is 5.02 Å². The van der Waals surface area contributed by atoms with Crippen molar-refractivity contribution in [3.8, 4) is 11.5 Å². The molecule has 1 aromatic heterocycles. The second-order valence-electron chi connectivity index (χ2n) is 4.98. The third kappa shape index (κ3) is 3.01. The molecule has 1 fully saturated rings. The molecule has 0 amide bonds. The fourth-order valence-corrected chi connectivity index (χ4v) is 1.44. The van der Waals surface area contributed by atoms with Crippen molar-refractivity contribution in [2.45, 2.75) is 45.3 Å². The van der Waals surface area contributed by atoms with Crippen molar-refractivity contribution in [1.29, 1.82) is 0 Å². The van der Waals surface area contributed by atoms with Gasteiger partial charge in [0.1, 0.15) is 10.6 Å². The molecule has 1 heterocycles. The average Bonchev–Trinajstić information content (AvgIpc) is 2.93. The minimum absolute atomic E-state index is 0.288. The third-order valence-electron chi connectivity index (χ3n) is 2.05. The van der Waals surface area contributed by atoms with E-state index < -0.39 is 0 Å². The van der Waals surface area contributed by atoms with Gasteiger partial charge in [-0.3, -0.25) is 4.98 Å². The second-order valence-corrected chi connectivity index (χ2v) is 5.36. The summed E-state index contributed by atoms with van der Waals surface area (Å²) in [5.74, 6) is 1.19. The van der Waals surface area contributed by atoms with Crippen molar-refractivity contribution in [2.24, 2.45) is 0 Å². The minimum atomic E-state index is -0.288. The van der Waals surface area contributed by atoms with E-state index in [9.17, 15) is 0 Å². The molecular weight excluding hydrogens is 226 g/mol. The van der Waals surface area contributed by atoms with Crippen LogP contribution in [0.4, 0.5) is 0 Å². The molecule has 16 heavy (non-hydrogen) atoms. The fraction of sp³-hybridized carbons (Fsp3) is 0.583. The highest BCUT2D eigenvalue weighted by Crippen LogP contribution is 2.37. The van der Waals surface area contributed by atoms with Gasteiger partial charge < -0.3 is 9.47 Å². The summed E-state index contributed by atoms with van der Waals surface area (Å²) in [4.78, 5) is 4.08. The monoisotopic (exact) mass is 241 g/mol. The Morgan fingerprint density at radius 3 is 2.44 bits per heavy atom.